The number of nitrogens with one attached hydrogen (secondary N) is 1. The highest BCUT2D eigenvalue weighted by molar-refractivity contribution is 4.98. The number of piperidine rings is 1. The average Bonchev–Trinajstić information content (AvgIpc) is 2.44. The van der Waals surface area contributed by atoms with E-state index in [-0.39, 0.29) is 62.0 Å². The van der Waals surface area contributed by atoms with Gasteiger partial charge in [0.15, 0.2) is 0 Å². The molecule has 0 atom stereocenters. The van der Waals surface area contributed by atoms with Crippen LogP contribution in [0.1, 0.15) is 92.9 Å². The molecular formula is C21H45Br3N2O-2. The molecule has 0 aromatic rings. The Morgan fingerprint density at radius 1 is 0.778 bits per heavy atom. The van der Waals surface area contributed by atoms with Crippen LogP contribution in [0.5, 0.6) is 0 Å². The van der Waals surface area contributed by atoms with Crippen molar-refractivity contribution in [2.75, 3.05) is 26.2 Å². The van der Waals surface area contributed by atoms with Gasteiger partial charge in [-0.25, -0.2) is 0 Å². The van der Waals surface area contributed by atoms with E-state index in [0.29, 0.717) is 12.6 Å². The summed E-state index contributed by atoms with van der Waals surface area (Å²) in [6, 6.07) is 0.664. The topological polar surface area (TPSA) is 32.3 Å². The standard InChI is InChI=1S/C21H45N2O.3BrH/c1-7-9-11-13-23(15-16-24,14-12-10-8-2)19-17-20(3,4)22-21(5,6)18-19;;;/h19,22,24H,7-18H2,1-6H3;3*1H/q+1;;;/p-3. The van der Waals surface area contributed by atoms with Gasteiger partial charge in [-0.05, 0) is 53.4 Å². The molecule has 27 heavy (non-hydrogen) atoms. The summed E-state index contributed by atoms with van der Waals surface area (Å²) in [6.45, 7) is 17.7. The largest absolute Gasteiger partial charge is 1.00 e. The molecule has 1 aliphatic heterocycles. The lowest BCUT2D eigenvalue weighted by atomic mass is 9.77. The van der Waals surface area contributed by atoms with Crippen LogP contribution in [0.4, 0.5) is 0 Å². The molecule has 0 aromatic heterocycles. The third-order valence-corrected chi connectivity index (χ3v) is 5.90. The highest BCUT2D eigenvalue weighted by Crippen LogP contribution is 2.36. The van der Waals surface area contributed by atoms with Gasteiger partial charge in [0.1, 0.15) is 6.54 Å². The van der Waals surface area contributed by atoms with Crippen LogP contribution in [0.25, 0.3) is 0 Å². The number of unbranched alkanes of at least 4 members (excludes halogenated alkanes) is 4. The van der Waals surface area contributed by atoms with Gasteiger partial charge in [-0.2, -0.15) is 0 Å². The molecule has 1 fully saturated rings. The molecule has 0 aromatic carbocycles. The van der Waals surface area contributed by atoms with Crippen LogP contribution in [0.2, 0.25) is 0 Å². The first-order valence-corrected chi connectivity index (χ1v) is 10.5. The van der Waals surface area contributed by atoms with E-state index >= 15 is 0 Å². The molecule has 1 saturated heterocycles. The first kappa shape index (κ1) is 33.0. The fourth-order valence-corrected chi connectivity index (χ4v) is 5.09. The normalized spacial score (nSPS) is 18.8. The summed E-state index contributed by atoms with van der Waals surface area (Å²) in [5.41, 5.74) is 0.363. The molecule has 0 amide bonds. The lowest BCUT2D eigenvalue weighted by molar-refractivity contribution is -0.954. The summed E-state index contributed by atoms with van der Waals surface area (Å²) < 4.78 is 1.14. The Morgan fingerprint density at radius 2 is 1.19 bits per heavy atom. The molecule has 0 bridgehead atoms. The molecule has 0 unspecified atom stereocenters. The highest BCUT2D eigenvalue weighted by Gasteiger charge is 2.46. The van der Waals surface area contributed by atoms with Crippen LogP contribution in [0.3, 0.4) is 0 Å². The first-order chi connectivity index (χ1) is 11.2. The van der Waals surface area contributed by atoms with E-state index in [1.54, 1.807) is 0 Å². The molecule has 168 valence electrons. The Bertz CT molecular complexity index is 339. The second kappa shape index (κ2) is 15.2. The summed E-state index contributed by atoms with van der Waals surface area (Å²) in [7, 11) is 0. The van der Waals surface area contributed by atoms with Crippen molar-refractivity contribution in [2.24, 2.45) is 0 Å². The summed E-state index contributed by atoms with van der Waals surface area (Å²) in [5.74, 6) is 0. The Hall–Kier alpha value is 1.32. The number of rotatable bonds is 11. The summed E-state index contributed by atoms with van der Waals surface area (Å²) in [5, 5.41) is 13.7. The van der Waals surface area contributed by atoms with Crippen molar-refractivity contribution in [3.63, 3.8) is 0 Å². The van der Waals surface area contributed by atoms with Crippen molar-refractivity contribution in [1.82, 2.24) is 5.32 Å². The second-order valence-electron chi connectivity index (χ2n) is 9.48. The molecule has 1 aliphatic rings. The molecule has 3 nitrogen and oxygen atoms in total. The van der Waals surface area contributed by atoms with Crippen molar-refractivity contribution in [1.29, 1.82) is 0 Å². The van der Waals surface area contributed by atoms with E-state index in [2.05, 4.69) is 46.9 Å². The van der Waals surface area contributed by atoms with Crippen LogP contribution in [-0.2, 0) is 0 Å². The zero-order valence-electron chi connectivity index (χ0n) is 18.6. The number of quaternary nitrogens is 1. The minimum atomic E-state index is 0. The van der Waals surface area contributed by atoms with Crippen LogP contribution >= 0.6 is 0 Å². The number of aliphatic hydroxyl groups is 1. The maximum absolute atomic E-state index is 9.87. The highest BCUT2D eigenvalue weighted by atomic mass is 79.9. The molecule has 0 saturated carbocycles. The van der Waals surface area contributed by atoms with Crippen molar-refractivity contribution >= 4 is 0 Å². The van der Waals surface area contributed by atoms with Gasteiger partial charge in [-0.1, -0.05) is 26.7 Å². The molecule has 0 radical (unpaired) electrons. The summed E-state index contributed by atoms with van der Waals surface area (Å²) in [4.78, 5) is 0. The fourth-order valence-electron chi connectivity index (χ4n) is 5.09. The van der Waals surface area contributed by atoms with E-state index in [1.807, 2.05) is 0 Å². The molecular weight excluding hydrogens is 536 g/mol. The van der Waals surface area contributed by atoms with Crippen LogP contribution in [0.15, 0.2) is 0 Å². The quantitative estimate of drug-likeness (QED) is 0.191. The van der Waals surface area contributed by atoms with Crippen molar-refractivity contribution in [3.05, 3.63) is 0 Å². The molecule has 2 N–H and O–H groups in total. The number of hydrogen-bond acceptors (Lipinski definition) is 2. The van der Waals surface area contributed by atoms with Gasteiger partial charge >= 0.3 is 0 Å². The molecule has 1 rings (SSSR count). The Morgan fingerprint density at radius 3 is 1.52 bits per heavy atom. The Kier molecular flexibility index (Phi) is 18.5. The SMILES string of the molecule is CCCCC[N+](CCO)(CCCCC)C1CC(C)(C)NC(C)(C)C1.[Br-].[Br-].[Br-]. The zero-order chi connectivity index (χ0) is 18.3. The van der Waals surface area contributed by atoms with Gasteiger partial charge in [0.25, 0.3) is 0 Å². The lowest BCUT2D eigenvalue weighted by Gasteiger charge is -2.54. The maximum Gasteiger partial charge on any atom is 0.102 e. The van der Waals surface area contributed by atoms with E-state index in [1.165, 1.54) is 64.5 Å². The lowest BCUT2D eigenvalue weighted by Crippen LogP contribution is -3.00. The summed E-state index contributed by atoms with van der Waals surface area (Å²) >= 11 is 0. The van der Waals surface area contributed by atoms with Crippen molar-refractivity contribution in [2.45, 2.75) is 110 Å². The van der Waals surface area contributed by atoms with Crippen molar-refractivity contribution < 1.29 is 60.5 Å². The van der Waals surface area contributed by atoms with Gasteiger partial charge < -0.3 is 65.9 Å². The van der Waals surface area contributed by atoms with Gasteiger partial charge in [0.2, 0.25) is 0 Å². The Labute approximate surface area is 201 Å². The minimum absolute atomic E-state index is 0. The second-order valence-corrected chi connectivity index (χ2v) is 9.48. The molecule has 6 heteroatoms. The molecule has 1 heterocycles. The number of aliphatic hydroxyl groups excluding tert-OH is 1. The van der Waals surface area contributed by atoms with Gasteiger partial charge in [-0.3, -0.25) is 0 Å². The third kappa shape index (κ3) is 11.3. The van der Waals surface area contributed by atoms with Gasteiger partial charge in [0, 0.05) is 23.9 Å². The molecule has 0 aliphatic carbocycles. The van der Waals surface area contributed by atoms with Crippen LogP contribution in [0, 0.1) is 0 Å². The van der Waals surface area contributed by atoms with E-state index in [0.717, 1.165) is 11.0 Å². The van der Waals surface area contributed by atoms with Gasteiger partial charge in [0.05, 0.1) is 25.7 Å². The van der Waals surface area contributed by atoms with Crippen molar-refractivity contribution in [3.8, 4) is 0 Å². The number of hydrogen-bond donors (Lipinski definition) is 2. The van der Waals surface area contributed by atoms with E-state index in [9.17, 15) is 5.11 Å². The Balaban J connectivity index is -0.00000192. The van der Waals surface area contributed by atoms with E-state index < -0.39 is 0 Å². The van der Waals surface area contributed by atoms with Crippen LogP contribution in [-0.4, -0.2) is 53.0 Å². The smallest absolute Gasteiger partial charge is 0.102 e. The summed E-state index contributed by atoms with van der Waals surface area (Å²) in [6.07, 6.45) is 10.2. The average molecular weight is 581 g/mol. The van der Waals surface area contributed by atoms with Crippen LogP contribution < -0.4 is 56.3 Å². The minimum Gasteiger partial charge on any atom is -1.00 e. The first-order valence-electron chi connectivity index (χ1n) is 10.5. The zero-order valence-corrected chi connectivity index (χ0v) is 23.3. The monoisotopic (exact) mass is 578 g/mol. The number of nitrogens with zero attached hydrogens (tertiary/aromatic N) is 1. The molecule has 0 spiro atoms. The predicted octanol–water partition coefficient (Wildman–Crippen LogP) is -4.50. The predicted molar refractivity (Wildman–Crippen MR) is 105 cm³/mol. The third-order valence-electron chi connectivity index (χ3n) is 5.90. The fraction of sp³-hybridized carbons (Fsp3) is 1.00. The number of halogens is 3. The van der Waals surface area contributed by atoms with Gasteiger partial charge in [-0.15, -0.1) is 0 Å². The maximum atomic E-state index is 9.87. The van der Waals surface area contributed by atoms with E-state index in [4.69, 9.17) is 0 Å².